The fourth-order valence-corrected chi connectivity index (χ4v) is 3.73. The summed E-state index contributed by atoms with van der Waals surface area (Å²) in [6.45, 7) is 6.15. The van der Waals surface area contributed by atoms with E-state index in [2.05, 4.69) is 22.7 Å². The van der Waals surface area contributed by atoms with E-state index in [1.54, 1.807) is 0 Å². The van der Waals surface area contributed by atoms with Crippen LogP contribution in [-0.4, -0.2) is 40.6 Å². The number of imide groups is 1. The molecule has 33 heavy (non-hydrogen) atoms. The molecule has 2 aromatic rings. The summed E-state index contributed by atoms with van der Waals surface area (Å²) in [6, 6.07) is 12.5. The highest BCUT2D eigenvalue weighted by Crippen LogP contribution is 2.21. The van der Waals surface area contributed by atoms with Gasteiger partial charge in [-0.25, -0.2) is 14.5 Å². The Kier molecular flexibility index (Phi) is 7.76. The van der Waals surface area contributed by atoms with Gasteiger partial charge >= 0.3 is 12.1 Å². The summed E-state index contributed by atoms with van der Waals surface area (Å²) in [5.41, 5.74) is 5.13. The van der Waals surface area contributed by atoms with Crippen LogP contribution in [0.4, 0.5) is 15.3 Å². The molecule has 1 atom stereocenters. The van der Waals surface area contributed by atoms with Crippen molar-refractivity contribution >= 4 is 23.7 Å². The third-order valence-corrected chi connectivity index (χ3v) is 5.58. The molecule has 0 saturated carbocycles. The minimum Gasteiger partial charge on any atom is -0.348 e. The van der Waals surface area contributed by atoms with Crippen LogP contribution >= 0.6 is 0 Å². The number of nitrogens with one attached hydrogen (secondary N) is 2. The first-order valence-electron chi connectivity index (χ1n) is 11.0. The Balaban J connectivity index is 1.84. The van der Waals surface area contributed by atoms with Crippen molar-refractivity contribution in [3.05, 3.63) is 69.6 Å². The molecule has 1 unspecified atom stereocenters. The lowest BCUT2D eigenvalue weighted by Crippen LogP contribution is -2.67. The summed E-state index contributed by atoms with van der Waals surface area (Å²) in [4.78, 5) is 50.0. The molecule has 1 heterocycles. The van der Waals surface area contributed by atoms with E-state index in [0.717, 1.165) is 40.1 Å². The van der Waals surface area contributed by atoms with Crippen LogP contribution in [0.25, 0.3) is 0 Å². The monoisotopic (exact) mass is 451 g/mol. The Morgan fingerprint density at radius 1 is 1.12 bits per heavy atom. The zero-order valence-electron chi connectivity index (χ0n) is 19.1. The summed E-state index contributed by atoms with van der Waals surface area (Å²) in [5, 5.41) is 8.36. The fraction of sp³-hybridized carbons (Fsp3) is 0.375. The van der Waals surface area contributed by atoms with E-state index in [0.29, 0.717) is 0 Å². The minimum atomic E-state index is -0.913. The molecule has 1 aliphatic heterocycles. The van der Waals surface area contributed by atoms with Gasteiger partial charge in [0.2, 0.25) is 0 Å². The van der Waals surface area contributed by atoms with E-state index >= 15 is 0 Å². The van der Waals surface area contributed by atoms with E-state index in [4.69, 9.17) is 0 Å². The lowest BCUT2D eigenvalue weighted by Gasteiger charge is -2.41. The number of carbonyl (C=O) groups is 3. The van der Waals surface area contributed by atoms with E-state index in [1.807, 2.05) is 56.3 Å². The normalized spacial score (nSPS) is 15.9. The first kappa shape index (κ1) is 23.9. The summed E-state index contributed by atoms with van der Waals surface area (Å²) >= 11 is 0. The molecule has 0 bridgehead atoms. The second kappa shape index (κ2) is 10.7. The van der Waals surface area contributed by atoms with Crippen LogP contribution in [0.5, 0.6) is 0 Å². The van der Waals surface area contributed by atoms with E-state index in [1.165, 1.54) is 10.5 Å². The molecule has 3 rings (SSSR count). The molecule has 0 spiro atoms. The summed E-state index contributed by atoms with van der Waals surface area (Å²) in [7, 11) is 0. The third-order valence-electron chi connectivity index (χ3n) is 5.58. The van der Waals surface area contributed by atoms with Gasteiger partial charge in [-0.15, -0.1) is 4.91 Å². The highest BCUT2D eigenvalue weighted by Gasteiger charge is 2.38. The number of hydrogen-bond donors (Lipinski definition) is 2. The molecule has 5 amide bonds. The lowest BCUT2D eigenvalue weighted by molar-refractivity contribution is -0.118. The Hall–Kier alpha value is -3.75. The Bertz CT molecular complexity index is 1040. The second-order valence-electron chi connectivity index (χ2n) is 8.17. The number of rotatable bonds is 9. The number of aryl methyl sites for hydroxylation is 3. The molecule has 1 aliphatic rings. The molecule has 2 aromatic carbocycles. The van der Waals surface area contributed by atoms with Crippen molar-refractivity contribution in [2.45, 2.75) is 52.9 Å². The number of anilines is 1. The Morgan fingerprint density at radius 3 is 2.48 bits per heavy atom. The quantitative estimate of drug-likeness (QED) is 0.553. The van der Waals surface area contributed by atoms with Crippen LogP contribution in [-0.2, 0) is 17.8 Å². The van der Waals surface area contributed by atoms with Crippen molar-refractivity contribution in [3.8, 4) is 0 Å². The van der Waals surface area contributed by atoms with Gasteiger partial charge in [0.1, 0.15) is 0 Å². The maximum atomic E-state index is 13.2. The number of nitrogens with zero attached hydrogens (tertiary/aromatic N) is 3. The van der Waals surface area contributed by atoms with E-state index in [9.17, 15) is 19.3 Å². The molecule has 174 valence electrons. The fourth-order valence-electron chi connectivity index (χ4n) is 3.73. The van der Waals surface area contributed by atoms with E-state index < -0.39 is 24.3 Å². The van der Waals surface area contributed by atoms with Crippen molar-refractivity contribution in [3.63, 3.8) is 0 Å². The van der Waals surface area contributed by atoms with Gasteiger partial charge in [0.25, 0.3) is 5.91 Å². The van der Waals surface area contributed by atoms with Gasteiger partial charge in [0.05, 0.1) is 13.0 Å². The smallest absolute Gasteiger partial charge is 0.331 e. The summed E-state index contributed by atoms with van der Waals surface area (Å²) in [5.74, 6) is -0.913. The van der Waals surface area contributed by atoms with Crippen molar-refractivity contribution in [1.29, 1.82) is 0 Å². The predicted octanol–water partition coefficient (Wildman–Crippen LogP) is 4.28. The molecule has 9 nitrogen and oxygen atoms in total. The molecular formula is C24H29N5O4. The molecule has 0 aromatic heterocycles. The maximum Gasteiger partial charge on any atom is 0.331 e. The summed E-state index contributed by atoms with van der Waals surface area (Å²) in [6.07, 6.45) is 0.910. The van der Waals surface area contributed by atoms with Crippen LogP contribution < -0.4 is 10.6 Å². The zero-order valence-corrected chi connectivity index (χ0v) is 19.1. The highest BCUT2D eigenvalue weighted by molar-refractivity contribution is 5.96. The van der Waals surface area contributed by atoms with Crippen molar-refractivity contribution in [2.24, 2.45) is 5.18 Å². The van der Waals surface area contributed by atoms with E-state index in [-0.39, 0.29) is 19.5 Å². The number of hydrogen-bond acceptors (Lipinski definition) is 5. The molecule has 2 N–H and O–H groups in total. The first-order chi connectivity index (χ1) is 15.8. The summed E-state index contributed by atoms with van der Waals surface area (Å²) < 4.78 is 0. The van der Waals surface area contributed by atoms with Crippen molar-refractivity contribution < 1.29 is 14.4 Å². The average Bonchev–Trinajstić information content (AvgIpc) is 2.79. The molecule has 0 aliphatic carbocycles. The van der Waals surface area contributed by atoms with Gasteiger partial charge < -0.3 is 5.32 Å². The molecular weight excluding hydrogens is 422 g/mol. The van der Waals surface area contributed by atoms with Crippen LogP contribution in [0.3, 0.4) is 0 Å². The lowest BCUT2D eigenvalue weighted by atomic mass is 10.0. The molecule has 9 heteroatoms. The SMILES string of the molecule is CCCc1ccc(NC2NC(=O)N(CCC(=O)N=O)C(=O)N2Cc2ccc(C)cc2)cc1C. The highest BCUT2D eigenvalue weighted by atomic mass is 16.3. The standard InChI is InChI=1S/C24H29N5O4/c1-4-5-19-10-11-20(14-17(19)3)25-22-26-23(31)28(13-12-21(30)27-33)24(32)29(22)15-18-8-6-16(2)7-9-18/h6-11,14,22,25H,4-5,12-13,15H2,1-3H3,(H,26,31). The van der Waals surface area contributed by atoms with Gasteiger partial charge in [0, 0.05) is 17.4 Å². The number of benzene rings is 2. The first-order valence-corrected chi connectivity index (χ1v) is 11.0. The van der Waals surface area contributed by atoms with Crippen LogP contribution in [0, 0.1) is 18.8 Å². The number of nitroso groups, excluding NO2 is 1. The van der Waals surface area contributed by atoms with Gasteiger partial charge in [0.15, 0.2) is 6.29 Å². The molecule has 1 saturated heterocycles. The van der Waals surface area contributed by atoms with Gasteiger partial charge in [-0.3, -0.25) is 15.0 Å². The van der Waals surface area contributed by atoms with Gasteiger partial charge in [-0.2, -0.15) is 0 Å². The van der Waals surface area contributed by atoms with Crippen LogP contribution in [0.2, 0.25) is 0 Å². The average molecular weight is 452 g/mol. The number of carbonyl (C=O) groups excluding carboxylic acids is 3. The van der Waals surface area contributed by atoms with Gasteiger partial charge in [-0.1, -0.05) is 49.2 Å². The van der Waals surface area contributed by atoms with Gasteiger partial charge in [-0.05, 0) is 49.1 Å². The predicted molar refractivity (Wildman–Crippen MR) is 125 cm³/mol. The Morgan fingerprint density at radius 2 is 1.85 bits per heavy atom. The molecule has 1 fully saturated rings. The largest absolute Gasteiger partial charge is 0.348 e. The molecule has 0 radical (unpaired) electrons. The second-order valence-corrected chi connectivity index (χ2v) is 8.17. The number of amides is 5. The topological polar surface area (TPSA) is 111 Å². The van der Waals surface area contributed by atoms with Crippen LogP contribution in [0.15, 0.2) is 47.6 Å². The Labute approximate surface area is 193 Å². The van der Waals surface area contributed by atoms with Crippen molar-refractivity contribution in [1.82, 2.24) is 15.1 Å². The third kappa shape index (κ3) is 5.94. The van der Waals surface area contributed by atoms with Crippen molar-refractivity contribution in [2.75, 3.05) is 11.9 Å². The van der Waals surface area contributed by atoms with Crippen LogP contribution in [0.1, 0.15) is 42.0 Å². The minimum absolute atomic E-state index is 0.225. The maximum absolute atomic E-state index is 13.2. The number of urea groups is 2. The zero-order chi connectivity index (χ0) is 24.0.